The van der Waals surface area contributed by atoms with Crippen LogP contribution in [-0.2, 0) is 4.74 Å². The Kier molecular flexibility index (Phi) is 6.11. The maximum absolute atomic E-state index is 11.8. The van der Waals surface area contributed by atoms with Crippen molar-refractivity contribution in [2.45, 2.75) is 38.3 Å². The van der Waals surface area contributed by atoms with Crippen LogP contribution in [0.15, 0.2) is 30.3 Å². The van der Waals surface area contributed by atoms with Crippen molar-refractivity contribution in [3.8, 4) is 11.8 Å². The summed E-state index contributed by atoms with van der Waals surface area (Å²) in [6.45, 7) is 3.19. The number of amides is 2. The third-order valence-electron chi connectivity index (χ3n) is 3.51. The molecule has 0 unspecified atom stereocenters. The van der Waals surface area contributed by atoms with E-state index in [1.165, 1.54) is 0 Å². The summed E-state index contributed by atoms with van der Waals surface area (Å²) in [6, 6.07) is 9.62. The normalized spacial score (nSPS) is 18.4. The highest BCUT2D eigenvalue weighted by molar-refractivity contribution is 5.74. The van der Waals surface area contributed by atoms with E-state index in [2.05, 4.69) is 29.4 Å². The lowest BCUT2D eigenvalue weighted by Crippen LogP contribution is -2.47. The van der Waals surface area contributed by atoms with E-state index in [0.29, 0.717) is 6.54 Å². The molecule has 1 fully saturated rings. The minimum Gasteiger partial charge on any atom is -0.376 e. The molecule has 2 N–H and O–H groups in total. The summed E-state index contributed by atoms with van der Waals surface area (Å²) in [5.74, 6) is 5.95. The van der Waals surface area contributed by atoms with Gasteiger partial charge in [0.1, 0.15) is 0 Å². The molecule has 1 aromatic carbocycles. The molecule has 0 saturated carbocycles. The quantitative estimate of drug-likeness (QED) is 0.834. The van der Waals surface area contributed by atoms with Crippen molar-refractivity contribution < 1.29 is 9.53 Å². The van der Waals surface area contributed by atoms with Crippen LogP contribution in [0.25, 0.3) is 0 Å². The smallest absolute Gasteiger partial charge is 0.315 e. The minimum atomic E-state index is -0.181. The van der Waals surface area contributed by atoms with E-state index in [-0.39, 0.29) is 18.2 Å². The largest absolute Gasteiger partial charge is 0.376 e. The highest BCUT2D eigenvalue weighted by Gasteiger charge is 2.25. The maximum atomic E-state index is 11.8. The zero-order valence-corrected chi connectivity index (χ0v) is 12.4. The Morgan fingerprint density at radius 2 is 2.24 bits per heavy atom. The zero-order valence-electron chi connectivity index (χ0n) is 12.4. The van der Waals surface area contributed by atoms with E-state index in [1.54, 1.807) is 0 Å². The summed E-state index contributed by atoms with van der Waals surface area (Å²) in [7, 11) is 0. The third kappa shape index (κ3) is 5.13. The molecule has 1 aliphatic heterocycles. The highest BCUT2D eigenvalue weighted by atomic mass is 16.5. The Morgan fingerprint density at radius 3 is 2.90 bits per heavy atom. The Hall–Kier alpha value is -1.99. The van der Waals surface area contributed by atoms with Crippen molar-refractivity contribution in [1.29, 1.82) is 0 Å². The van der Waals surface area contributed by atoms with E-state index in [4.69, 9.17) is 4.74 Å². The van der Waals surface area contributed by atoms with Crippen LogP contribution in [-0.4, -0.2) is 31.3 Å². The van der Waals surface area contributed by atoms with E-state index in [9.17, 15) is 4.79 Å². The second kappa shape index (κ2) is 8.33. The molecule has 1 aliphatic rings. The van der Waals surface area contributed by atoms with Gasteiger partial charge in [0.05, 0.1) is 18.7 Å². The van der Waals surface area contributed by atoms with E-state index in [0.717, 1.165) is 31.4 Å². The second-order valence-electron chi connectivity index (χ2n) is 5.06. The molecule has 4 heteroatoms. The summed E-state index contributed by atoms with van der Waals surface area (Å²) in [6.07, 6.45) is 3.11. The van der Waals surface area contributed by atoms with Crippen molar-refractivity contribution in [3.63, 3.8) is 0 Å². The SMILES string of the molecule is CC[C@H](NC(=O)NCC#Cc1ccccc1)[C@H]1CCCO1. The Balaban J connectivity index is 1.73. The molecule has 2 rings (SSSR count). The first-order valence-electron chi connectivity index (χ1n) is 7.49. The third-order valence-corrected chi connectivity index (χ3v) is 3.51. The van der Waals surface area contributed by atoms with Gasteiger partial charge in [0.25, 0.3) is 0 Å². The van der Waals surface area contributed by atoms with Gasteiger partial charge in [0.2, 0.25) is 0 Å². The molecule has 2 amide bonds. The van der Waals surface area contributed by atoms with Gasteiger partial charge in [-0.05, 0) is 31.4 Å². The molecule has 0 bridgehead atoms. The highest BCUT2D eigenvalue weighted by Crippen LogP contribution is 2.17. The number of benzene rings is 1. The molecule has 0 aliphatic carbocycles. The summed E-state index contributed by atoms with van der Waals surface area (Å²) in [4.78, 5) is 11.8. The number of carbonyl (C=O) groups excluding carboxylic acids is 1. The van der Waals surface area contributed by atoms with Crippen LogP contribution >= 0.6 is 0 Å². The fourth-order valence-electron chi connectivity index (χ4n) is 2.39. The molecule has 4 nitrogen and oxygen atoms in total. The monoisotopic (exact) mass is 286 g/mol. The van der Waals surface area contributed by atoms with Gasteiger partial charge >= 0.3 is 6.03 Å². The zero-order chi connectivity index (χ0) is 14.9. The standard InChI is InChI=1S/C17H22N2O2/c1-2-15(16-11-7-13-21-16)19-17(20)18-12-6-10-14-8-4-3-5-9-14/h3-5,8-9,15-16H,2,7,11-13H2,1H3,(H2,18,19,20)/t15-,16+/m0/s1. The molecule has 1 aromatic rings. The van der Waals surface area contributed by atoms with Crippen LogP contribution in [0.4, 0.5) is 4.79 Å². The van der Waals surface area contributed by atoms with E-state index < -0.39 is 0 Å². The summed E-state index contributed by atoms with van der Waals surface area (Å²) < 4.78 is 5.62. The number of hydrogen-bond donors (Lipinski definition) is 2. The van der Waals surface area contributed by atoms with Crippen LogP contribution in [0, 0.1) is 11.8 Å². The predicted molar refractivity (Wildman–Crippen MR) is 82.9 cm³/mol. The Labute approximate surface area is 126 Å². The number of carbonyl (C=O) groups is 1. The van der Waals surface area contributed by atoms with Crippen molar-refractivity contribution >= 4 is 6.03 Å². The summed E-state index contributed by atoms with van der Waals surface area (Å²) >= 11 is 0. The first-order chi connectivity index (χ1) is 10.3. The molecule has 21 heavy (non-hydrogen) atoms. The van der Waals surface area contributed by atoms with Crippen molar-refractivity contribution in [1.82, 2.24) is 10.6 Å². The molecule has 0 spiro atoms. The van der Waals surface area contributed by atoms with Crippen molar-refractivity contribution in [3.05, 3.63) is 35.9 Å². The molecule has 0 aromatic heterocycles. The van der Waals surface area contributed by atoms with Gasteiger partial charge < -0.3 is 15.4 Å². The van der Waals surface area contributed by atoms with Crippen molar-refractivity contribution in [2.24, 2.45) is 0 Å². The van der Waals surface area contributed by atoms with Gasteiger partial charge in [-0.2, -0.15) is 0 Å². The molecule has 1 saturated heterocycles. The van der Waals surface area contributed by atoms with Gasteiger partial charge in [-0.25, -0.2) is 4.79 Å². The van der Waals surface area contributed by atoms with E-state index in [1.807, 2.05) is 30.3 Å². The summed E-state index contributed by atoms with van der Waals surface area (Å²) in [5.41, 5.74) is 0.950. The number of urea groups is 1. The minimum absolute atomic E-state index is 0.0783. The lowest BCUT2D eigenvalue weighted by molar-refractivity contribution is 0.0797. The molecule has 0 radical (unpaired) electrons. The van der Waals surface area contributed by atoms with Crippen LogP contribution in [0.2, 0.25) is 0 Å². The first kappa shape index (κ1) is 15.4. The average Bonchev–Trinajstić information content (AvgIpc) is 3.04. The van der Waals surface area contributed by atoms with Gasteiger partial charge in [-0.1, -0.05) is 37.0 Å². The molecule has 1 heterocycles. The van der Waals surface area contributed by atoms with Crippen LogP contribution in [0.5, 0.6) is 0 Å². The van der Waals surface area contributed by atoms with Crippen LogP contribution in [0.3, 0.4) is 0 Å². The average molecular weight is 286 g/mol. The Morgan fingerprint density at radius 1 is 1.43 bits per heavy atom. The number of ether oxygens (including phenoxy) is 1. The first-order valence-corrected chi connectivity index (χ1v) is 7.49. The molecular formula is C17H22N2O2. The molecular weight excluding hydrogens is 264 g/mol. The number of rotatable bonds is 4. The van der Waals surface area contributed by atoms with E-state index >= 15 is 0 Å². The van der Waals surface area contributed by atoms with Crippen LogP contribution < -0.4 is 10.6 Å². The van der Waals surface area contributed by atoms with Gasteiger partial charge in [-0.3, -0.25) is 0 Å². The van der Waals surface area contributed by atoms with Crippen LogP contribution in [0.1, 0.15) is 31.7 Å². The fraction of sp³-hybridized carbons (Fsp3) is 0.471. The van der Waals surface area contributed by atoms with Gasteiger partial charge in [-0.15, -0.1) is 0 Å². The van der Waals surface area contributed by atoms with Gasteiger partial charge in [0.15, 0.2) is 0 Å². The second-order valence-corrected chi connectivity index (χ2v) is 5.06. The fourth-order valence-corrected chi connectivity index (χ4v) is 2.39. The predicted octanol–water partition coefficient (Wildman–Crippen LogP) is 2.29. The molecule has 2 atom stereocenters. The summed E-state index contributed by atoms with van der Waals surface area (Å²) in [5, 5.41) is 5.73. The number of hydrogen-bond acceptors (Lipinski definition) is 2. The number of nitrogens with one attached hydrogen (secondary N) is 2. The lowest BCUT2D eigenvalue weighted by Gasteiger charge is -2.22. The van der Waals surface area contributed by atoms with Crippen molar-refractivity contribution in [2.75, 3.05) is 13.2 Å². The Bertz CT molecular complexity index is 499. The maximum Gasteiger partial charge on any atom is 0.315 e. The van der Waals surface area contributed by atoms with Gasteiger partial charge in [0, 0.05) is 12.2 Å². The molecule has 112 valence electrons. The topological polar surface area (TPSA) is 50.4 Å². The lowest BCUT2D eigenvalue weighted by atomic mass is 10.1.